The molecule has 2 rings (SSSR count). The van der Waals surface area contributed by atoms with E-state index in [0.717, 1.165) is 10.9 Å². The van der Waals surface area contributed by atoms with Crippen LogP contribution in [0.15, 0.2) is 36.4 Å². The number of rotatable bonds is 4. The Labute approximate surface area is 122 Å². The predicted octanol–water partition coefficient (Wildman–Crippen LogP) is 2.40. The fourth-order valence-electron chi connectivity index (χ4n) is 1.70. The van der Waals surface area contributed by atoms with Gasteiger partial charge >= 0.3 is 0 Å². The summed E-state index contributed by atoms with van der Waals surface area (Å²) in [7, 11) is 0. The van der Waals surface area contributed by atoms with Gasteiger partial charge in [0.2, 0.25) is 5.91 Å². The van der Waals surface area contributed by atoms with Crippen molar-refractivity contribution in [2.45, 2.75) is 13.0 Å². The maximum Gasteiger partial charge on any atom is 0.244 e. The van der Waals surface area contributed by atoms with Gasteiger partial charge in [0.05, 0.1) is 17.8 Å². The van der Waals surface area contributed by atoms with E-state index in [4.69, 9.17) is 16.7 Å². The topological polar surface area (TPSA) is 62.2 Å². The van der Waals surface area contributed by atoms with Gasteiger partial charge in [0, 0.05) is 22.5 Å². The molecule has 20 heavy (non-hydrogen) atoms. The third-order valence-electron chi connectivity index (χ3n) is 2.74. The van der Waals surface area contributed by atoms with Gasteiger partial charge in [-0.2, -0.15) is 0 Å². The second kappa shape index (κ2) is 6.50. The summed E-state index contributed by atoms with van der Waals surface area (Å²) < 4.78 is 0. The smallest absolute Gasteiger partial charge is 0.244 e. The van der Waals surface area contributed by atoms with Crippen LogP contribution in [0.1, 0.15) is 12.6 Å². The fourth-order valence-corrected chi connectivity index (χ4v) is 1.86. The number of amides is 1. The third kappa shape index (κ3) is 3.79. The van der Waals surface area contributed by atoms with E-state index >= 15 is 0 Å². The number of halogens is 1. The van der Waals surface area contributed by atoms with Gasteiger partial charge in [-0.25, -0.2) is 4.98 Å². The molecule has 1 atom stereocenters. The molecule has 2 aromatic rings. The van der Waals surface area contributed by atoms with Crippen LogP contribution in [0.5, 0.6) is 0 Å². The molecule has 2 N–H and O–H groups in total. The van der Waals surface area contributed by atoms with Gasteiger partial charge in [-0.15, -0.1) is 0 Å². The summed E-state index contributed by atoms with van der Waals surface area (Å²) >= 11 is 5.93. The van der Waals surface area contributed by atoms with Gasteiger partial charge in [0.1, 0.15) is 0 Å². The molecular formula is C15H15ClN2O2. The Balaban J connectivity index is 2.15. The monoisotopic (exact) mass is 290 g/mol. The number of carbonyl (C=O) groups is 1. The highest BCUT2D eigenvalue weighted by molar-refractivity contribution is 6.31. The van der Waals surface area contributed by atoms with E-state index in [1.807, 2.05) is 24.3 Å². The Morgan fingerprint density at radius 3 is 2.95 bits per heavy atom. The zero-order valence-corrected chi connectivity index (χ0v) is 11.8. The van der Waals surface area contributed by atoms with Crippen LogP contribution in [-0.4, -0.2) is 28.6 Å². The molecule has 0 aliphatic carbocycles. The number of aliphatic hydroxyl groups is 1. The largest absolute Gasteiger partial charge is 0.394 e. The zero-order chi connectivity index (χ0) is 14.5. The van der Waals surface area contributed by atoms with Gasteiger partial charge in [-0.1, -0.05) is 23.7 Å². The third-order valence-corrected chi connectivity index (χ3v) is 2.98. The fraction of sp³-hybridized carbons (Fsp3) is 0.200. The number of nitrogens with zero attached hydrogens (tertiary/aromatic N) is 1. The van der Waals surface area contributed by atoms with E-state index in [0.29, 0.717) is 10.7 Å². The Bertz CT molecular complexity index is 655. The summed E-state index contributed by atoms with van der Waals surface area (Å²) in [5.74, 6) is -0.264. The predicted molar refractivity (Wildman–Crippen MR) is 80.5 cm³/mol. The van der Waals surface area contributed by atoms with E-state index in [1.54, 1.807) is 19.1 Å². The number of fused-ring (bicyclic) bond motifs is 1. The molecule has 104 valence electrons. The number of pyridine rings is 1. The van der Waals surface area contributed by atoms with Crippen LogP contribution in [-0.2, 0) is 4.79 Å². The van der Waals surface area contributed by atoms with Gasteiger partial charge in [0.15, 0.2) is 0 Å². The molecule has 1 unspecified atom stereocenters. The second-order valence-electron chi connectivity index (χ2n) is 4.50. The molecule has 0 fully saturated rings. The molecule has 5 heteroatoms. The number of carbonyl (C=O) groups excluding carboxylic acids is 1. The van der Waals surface area contributed by atoms with Crippen molar-refractivity contribution in [3.05, 3.63) is 47.1 Å². The summed E-state index contributed by atoms with van der Waals surface area (Å²) in [5.41, 5.74) is 1.45. The van der Waals surface area contributed by atoms with Crippen molar-refractivity contribution >= 4 is 34.5 Å². The Hall–Kier alpha value is -1.91. The molecule has 1 aromatic heterocycles. The van der Waals surface area contributed by atoms with Crippen molar-refractivity contribution in [2.75, 3.05) is 6.61 Å². The molecule has 4 nitrogen and oxygen atoms in total. The van der Waals surface area contributed by atoms with Crippen LogP contribution in [0.25, 0.3) is 17.0 Å². The van der Waals surface area contributed by atoms with E-state index in [2.05, 4.69) is 10.3 Å². The van der Waals surface area contributed by atoms with E-state index < -0.39 is 0 Å². The van der Waals surface area contributed by atoms with Crippen molar-refractivity contribution in [2.24, 2.45) is 0 Å². The van der Waals surface area contributed by atoms with Gasteiger partial charge < -0.3 is 10.4 Å². The van der Waals surface area contributed by atoms with Gasteiger partial charge in [-0.3, -0.25) is 4.79 Å². The molecule has 1 aromatic carbocycles. The van der Waals surface area contributed by atoms with Crippen molar-refractivity contribution in [3.63, 3.8) is 0 Å². The summed E-state index contributed by atoms with van der Waals surface area (Å²) in [5, 5.41) is 13.1. The highest BCUT2D eigenvalue weighted by atomic mass is 35.5. The molecule has 1 amide bonds. The van der Waals surface area contributed by atoms with E-state index in [1.165, 1.54) is 6.08 Å². The molecule has 0 radical (unpaired) electrons. The first-order valence-electron chi connectivity index (χ1n) is 6.24. The minimum atomic E-state index is -0.268. The zero-order valence-electron chi connectivity index (χ0n) is 11.0. The van der Waals surface area contributed by atoms with E-state index in [-0.39, 0.29) is 18.6 Å². The SMILES string of the molecule is CC(CO)NC(=O)/C=C/c1ccc2ccc(Cl)cc2n1. The first-order valence-corrected chi connectivity index (χ1v) is 6.62. The summed E-state index contributed by atoms with van der Waals surface area (Å²) in [4.78, 5) is 16.0. The number of aromatic nitrogens is 1. The minimum absolute atomic E-state index is 0.0910. The summed E-state index contributed by atoms with van der Waals surface area (Å²) in [6.07, 6.45) is 3.02. The molecule has 0 saturated carbocycles. The summed E-state index contributed by atoms with van der Waals surface area (Å²) in [6.45, 7) is 1.63. The molecule has 0 bridgehead atoms. The lowest BCUT2D eigenvalue weighted by molar-refractivity contribution is -0.117. The first kappa shape index (κ1) is 14.5. The standard InChI is InChI=1S/C15H15ClN2O2/c1-10(9-19)17-15(20)7-6-13-5-3-11-2-4-12(16)8-14(11)18-13/h2-8,10,19H,9H2,1H3,(H,17,20)/b7-6+. The Morgan fingerprint density at radius 2 is 2.20 bits per heavy atom. The molecule has 0 saturated heterocycles. The maximum absolute atomic E-state index is 11.5. The summed E-state index contributed by atoms with van der Waals surface area (Å²) in [6, 6.07) is 8.97. The number of benzene rings is 1. The molecule has 0 aliphatic rings. The number of hydrogen-bond acceptors (Lipinski definition) is 3. The highest BCUT2D eigenvalue weighted by Crippen LogP contribution is 2.18. The molecule has 1 heterocycles. The van der Waals surface area contributed by atoms with Crippen molar-refractivity contribution in [3.8, 4) is 0 Å². The van der Waals surface area contributed by atoms with Crippen LogP contribution in [0.3, 0.4) is 0 Å². The van der Waals surface area contributed by atoms with Crippen LogP contribution in [0.4, 0.5) is 0 Å². The van der Waals surface area contributed by atoms with E-state index in [9.17, 15) is 4.79 Å². The molecular weight excluding hydrogens is 276 g/mol. The van der Waals surface area contributed by atoms with Crippen molar-refractivity contribution in [1.29, 1.82) is 0 Å². The number of aliphatic hydroxyl groups excluding tert-OH is 1. The highest BCUT2D eigenvalue weighted by Gasteiger charge is 2.02. The average Bonchev–Trinajstić information content (AvgIpc) is 2.44. The number of nitrogens with one attached hydrogen (secondary N) is 1. The second-order valence-corrected chi connectivity index (χ2v) is 4.94. The van der Waals surface area contributed by atoms with Gasteiger partial charge in [0.25, 0.3) is 0 Å². The minimum Gasteiger partial charge on any atom is -0.394 e. The average molecular weight is 291 g/mol. The van der Waals surface area contributed by atoms with Crippen molar-refractivity contribution < 1.29 is 9.90 Å². The van der Waals surface area contributed by atoms with Crippen molar-refractivity contribution in [1.82, 2.24) is 10.3 Å². The quantitative estimate of drug-likeness (QED) is 0.850. The molecule has 0 aliphatic heterocycles. The maximum atomic E-state index is 11.5. The number of hydrogen-bond donors (Lipinski definition) is 2. The lowest BCUT2D eigenvalue weighted by Gasteiger charge is -2.07. The van der Waals surface area contributed by atoms with Crippen LogP contribution >= 0.6 is 11.6 Å². The normalized spacial score (nSPS) is 12.8. The first-order chi connectivity index (χ1) is 9.58. The molecule has 0 spiro atoms. The lowest BCUT2D eigenvalue weighted by Crippen LogP contribution is -2.33. The van der Waals surface area contributed by atoms with Crippen LogP contribution < -0.4 is 5.32 Å². The Kier molecular flexibility index (Phi) is 4.71. The van der Waals surface area contributed by atoms with Crippen LogP contribution in [0.2, 0.25) is 5.02 Å². The van der Waals surface area contributed by atoms with Crippen LogP contribution in [0, 0.1) is 0 Å². The van der Waals surface area contributed by atoms with Gasteiger partial charge in [-0.05, 0) is 31.2 Å². The lowest BCUT2D eigenvalue weighted by atomic mass is 10.2. The Morgan fingerprint density at radius 1 is 1.45 bits per heavy atom.